The Labute approximate surface area is 143 Å². The van der Waals surface area contributed by atoms with E-state index in [0.717, 1.165) is 5.56 Å². The topological polar surface area (TPSA) is 67.9 Å². The van der Waals surface area contributed by atoms with E-state index in [1.54, 1.807) is 4.90 Å². The Bertz CT molecular complexity index is 568. The smallest absolute Gasteiger partial charge is 0.410 e. The maximum absolute atomic E-state index is 12.2. The van der Waals surface area contributed by atoms with Gasteiger partial charge in [-0.2, -0.15) is 0 Å². The van der Waals surface area contributed by atoms with Gasteiger partial charge in [-0.3, -0.25) is 0 Å². The molecule has 2 rings (SSSR count). The van der Waals surface area contributed by atoms with Gasteiger partial charge in [0, 0.05) is 13.1 Å². The summed E-state index contributed by atoms with van der Waals surface area (Å²) in [7, 11) is 0. The molecule has 1 aromatic carbocycles. The van der Waals surface area contributed by atoms with Crippen molar-refractivity contribution in [2.75, 3.05) is 13.1 Å². The molecule has 0 bridgehead atoms. The van der Waals surface area contributed by atoms with Gasteiger partial charge in [0.15, 0.2) is 0 Å². The average Bonchev–Trinajstić information content (AvgIpc) is 2.85. The van der Waals surface area contributed by atoms with Gasteiger partial charge in [-0.25, -0.2) is 9.59 Å². The van der Waals surface area contributed by atoms with Crippen molar-refractivity contribution in [3.63, 3.8) is 0 Å². The molecule has 0 aromatic heterocycles. The zero-order valence-corrected chi connectivity index (χ0v) is 14.7. The third-order valence-corrected chi connectivity index (χ3v) is 3.78. The summed E-state index contributed by atoms with van der Waals surface area (Å²) in [4.78, 5) is 25.7. The lowest BCUT2D eigenvalue weighted by Crippen LogP contribution is -2.43. The molecule has 0 saturated carbocycles. The van der Waals surface area contributed by atoms with Gasteiger partial charge in [-0.15, -0.1) is 0 Å². The van der Waals surface area contributed by atoms with E-state index >= 15 is 0 Å². The number of nitrogens with one attached hydrogen (secondary N) is 1. The average molecular weight is 334 g/mol. The first-order valence-corrected chi connectivity index (χ1v) is 8.20. The van der Waals surface area contributed by atoms with Gasteiger partial charge in [-0.1, -0.05) is 37.3 Å². The van der Waals surface area contributed by atoms with E-state index < -0.39 is 11.7 Å². The van der Waals surface area contributed by atoms with Crippen LogP contribution >= 0.6 is 0 Å². The third kappa shape index (κ3) is 5.44. The van der Waals surface area contributed by atoms with E-state index in [0.29, 0.717) is 13.1 Å². The summed E-state index contributed by atoms with van der Waals surface area (Å²) in [6, 6.07) is 9.41. The molecule has 132 valence electrons. The summed E-state index contributed by atoms with van der Waals surface area (Å²) in [5, 5.41) is 2.83. The molecule has 0 aliphatic carbocycles. The number of amides is 2. The minimum absolute atomic E-state index is 0.135. The maximum Gasteiger partial charge on any atom is 0.410 e. The highest BCUT2D eigenvalue weighted by molar-refractivity contribution is 5.70. The number of rotatable bonds is 3. The first-order chi connectivity index (χ1) is 11.2. The number of nitrogens with zero attached hydrogens (tertiary/aromatic N) is 1. The fraction of sp³-hybridized carbons (Fsp3) is 0.556. The second kappa shape index (κ2) is 7.55. The summed E-state index contributed by atoms with van der Waals surface area (Å²) >= 11 is 0. The van der Waals surface area contributed by atoms with Gasteiger partial charge in [0.05, 0.1) is 6.04 Å². The van der Waals surface area contributed by atoms with E-state index in [2.05, 4.69) is 5.32 Å². The first kappa shape index (κ1) is 18.1. The quantitative estimate of drug-likeness (QED) is 0.922. The lowest BCUT2D eigenvalue weighted by atomic mass is 10.1. The predicted molar refractivity (Wildman–Crippen MR) is 90.5 cm³/mol. The zero-order chi connectivity index (χ0) is 17.7. The van der Waals surface area contributed by atoms with E-state index in [1.807, 2.05) is 58.0 Å². The summed E-state index contributed by atoms with van der Waals surface area (Å²) in [6.07, 6.45) is -0.821. The molecule has 1 aliphatic heterocycles. The molecule has 0 unspecified atom stereocenters. The highest BCUT2D eigenvalue weighted by atomic mass is 16.6. The molecule has 24 heavy (non-hydrogen) atoms. The predicted octanol–water partition coefficient (Wildman–Crippen LogP) is 3.17. The number of likely N-dealkylation sites (tertiary alicyclic amines) is 1. The Hall–Kier alpha value is -2.24. The maximum atomic E-state index is 12.2. The van der Waals surface area contributed by atoms with Crippen LogP contribution in [0.3, 0.4) is 0 Å². The number of alkyl carbamates (subject to hydrolysis) is 1. The van der Waals surface area contributed by atoms with Crippen molar-refractivity contribution in [3.05, 3.63) is 35.9 Å². The lowest BCUT2D eigenvalue weighted by Gasteiger charge is -2.23. The van der Waals surface area contributed by atoms with Crippen LogP contribution in [-0.2, 0) is 16.1 Å². The second-order valence-corrected chi connectivity index (χ2v) is 7.18. The van der Waals surface area contributed by atoms with Crippen LogP contribution in [0.15, 0.2) is 30.3 Å². The minimum atomic E-state index is -0.541. The Balaban J connectivity index is 1.81. The van der Waals surface area contributed by atoms with Gasteiger partial charge in [-0.05, 0) is 32.3 Å². The van der Waals surface area contributed by atoms with Crippen molar-refractivity contribution < 1.29 is 19.1 Å². The van der Waals surface area contributed by atoms with Crippen LogP contribution in [0.1, 0.15) is 33.3 Å². The normalized spacial score (nSPS) is 20.6. The Morgan fingerprint density at radius 3 is 2.50 bits per heavy atom. The summed E-state index contributed by atoms with van der Waals surface area (Å²) in [6.45, 7) is 8.66. The molecule has 1 aromatic rings. The van der Waals surface area contributed by atoms with Crippen molar-refractivity contribution in [3.8, 4) is 0 Å². The van der Waals surface area contributed by atoms with Crippen LogP contribution in [0.25, 0.3) is 0 Å². The molecule has 2 amide bonds. The Morgan fingerprint density at radius 2 is 1.88 bits per heavy atom. The second-order valence-electron chi connectivity index (χ2n) is 7.18. The lowest BCUT2D eigenvalue weighted by molar-refractivity contribution is 0.0495. The SMILES string of the molecule is C[C@H]1CN(C(=O)OCc2ccccc2)C[C@@H]1NC(=O)OC(C)(C)C. The molecule has 1 saturated heterocycles. The van der Waals surface area contributed by atoms with E-state index in [9.17, 15) is 9.59 Å². The Kier molecular flexibility index (Phi) is 5.70. The number of ether oxygens (including phenoxy) is 2. The summed E-state index contributed by atoms with van der Waals surface area (Å²) in [5.41, 5.74) is 0.404. The fourth-order valence-electron chi connectivity index (χ4n) is 2.57. The Morgan fingerprint density at radius 1 is 1.21 bits per heavy atom. The van der Waals surface area contributed by atoms with Gasteiger partial charge < -0.3 is 19.7 Å². The molecule has 6 nitrogen and oxygen atoms in total. The van der Waals surface area contributed by atoms with E-state index in [4.69, 9.17) is 9.47 Å². The molecular weight excluding hydrogens is 308 g/mol. The van der Waals surface area contributed by atoms with Crippen LogP contribution in [0.4, 0.5) is 9.59 Å². The monoisotopic (exact) mass is 334 g/mol. The number of carbonyl (C=O) groups is 2. The van der Waals surface area contributed by atoms with Gasteiger partial charge >= 0.3 is 12.2 Å². The van der Waals surface area contributed by atoms with Crippen LogP contribution in [0.2, 0.25) is 0 Å². The molecule has 0 radical (unpaired) electrons. The minimum Gasteiger partial charge on any atom is -0.445 e. The van der Waals surface area contributed by atoms with Crippen molar-refractivity contribution in [2.45, 2.75) is 45.9 Å². The molecular formula is C18H26N2O4. The van der Waals surface area contributed by atoms with Crippen LogP contribution in [0.5, 0.6) is 0 Å². The largest absolute Gasteiger partial charge is 0.445 e. The third-order valence-electron chi connectivity index (χ3n) is 3.78. The number of carbonyl (C=O) groups excluding carboxylic acids is 2. The number of benzene rings is 1. The van der Waals surface area contributed by atoms with Gasteiger partial charge in [0.2, 0.25) is 0 Å². The van der Waals surface area contributed by atoms with Gasteiger partial charge in [0.1, 0.15) is 12.2 Å². The van der Waals surface area contributed by atoms with E-state index in [1.165, 1.54) is 0 Å². The highest BCUT2D eigenvalue weighted by Crippen LogP contribution is 2.18. The first-order valence-electron chi connectivity index (χ1n) is 8.20. The number of hydrogen-bond acceptors (Lipinski definition) is 4. The van der Waals surface area contributed by atoms with Crippen molar-refractivity contribution in [1.29, 1.82) is 0 Å². The number of hydrogen-bond donors (Lipinski definition) is 1. The zero-order valence-electron chi connectivity index (χ0n) is 14.7. The van der Waals surface area contributed by atoms with Crippen molar-refractivity contribution in [2.24, 2.45) is 5.92 Å². The van der Waals surface area contributed by atoms with Crippen LogP contribution in [-0.4, -0.2) is 41.8 Å². The summed E-state index contributed by atoms with van der Waals surface area (Å²) < 4.78 is 10.6. The summed E-state index contributed by atoms with van der Waals surface area (Å²) in [5.74, 6) is 0.141. The molecule has 1 heterocycles. The van der Waals surface area contributed by atoms with Crippen LogP contribution in [0, 0.1) is 5.92 Å². The highest BCUT2D eigenvalue weighted by Gasteiger charge is 2.35. The van der Waals surface area contributed by atoms with Crippen molar-refractivity contribution in [1.82, 2.24) is 10.2 Å². The standard InChI is InChI=1S/C18H26N2O4/c1-13-10-20(11-15(13)19-16(21)24-18(2,3)4)17(22)23-12-14-8-6-5-7-9-14/h5-9,13,15H,10-12H2,1-4H3,(H,19,21)/t13-,15-/m0/s1. The fourth-order valence-corrected chi connectivity index (χ4v) is 2.57. The van der Waals surface area contributed by atoms with E-state index in [-0.39, 0.29) is 24.7 Å². The molecule has 0 spiro atoms. The van der Waals surface area contributed by atoms with Crippen LogP contribution < -0.4 is 5.32 Å². The molecule has 1 fully saturated rings. The molecule has 6 heteroatoms. The molecule has 1 aliphatic rings. The molecule has 2 atom stereocenters. The van der Waals surface area contributed by atoms with Crippen molar-refractivity contribution >= 4 is 12.2 Å². The molecule has 1 N–H and O–H groups in total. The van der Waals surface area contributed by atoms with Gasteiger partial charge in [0.25, 0.3) is 0 Å².